The standard InChI is InChI=1S/C12H25NO2/c1-10(15-11(13)14)8-6-5-7-9-12(2,3)4/h10H,5-9H2,1-4H3,(H2,13,14). The molecule has 15 heavy (non-hydrogen) atoms. The van der Waals surface area contributed by atoms with E-state index in [1.807, 2.05) is 6.92 Å². The molecule has 0 aliphatic rings. The van der Waals surface area contributed by atoms with Crippen LogP contribution in [0.1, 0.15) is 59.8 Å². The Hall–Kier alpha value is -0.730. The molecular formula is C12H25NO2. The summed E-state index contributed by atoms with van der Waals surface area (Å²) in [6.45, 7) is 8.65. The molecule has 0 rings (SSSR count). The number of primary amides is 1. The molecule has 0 aromatic carbocycles. The van der Waals surface area contributed by atoms with Crippen LogP contribution >= 0.6 is 0 Å². The molecule has 1 unspecified atom stereocenters. The number of hydrogen-bond donors (Lipinski definition) is 1. The number of carbonyl (C=O) groups excluding carboxylic acids is 1. The summed E-state index contributed by atoms with van der Waals surface area (Å²) < 4.78 is 4.84. The molecule has 90 valence electrons. The van der Waals surface area contributed by atoms with Gasteiger partial charge in [0.25, 0.3) is 0 Å². The third kappa shape index (κ3) is 11.2. The molecule has 0 heterocycles. The third-order valence-electron chi connectivity index (χ3n) is 2.35. The largest absolute Gasteiger partial charge is 0.447 e. The SMILES string of the molecule is CC(CCCCCC(C)(C)C)OC(N)=O. The second-order valence-electron chi connectivity index (χ2n) is 5.41. The maximum Gasteiger partial charge on any atom is 0.404 e. The van der Waals surface area contributed by atoms with Crippen molar-refractivity contribution in [2.24, 2.45) is 11.1 Å². The third-order valence-corrected chi connectivity index (χ3v) is 2.35. The highest BCUT2D eigenvalue weighted by molar-refractivity contribution is 5.64. The Balaban J connectivity index is 3.35. The summed E-state index contributed by atoms with van der Waals surface area (Å²) in [5.74, 6) is 0. The molecule has 0 saturated carbocycles. The highest BCUT2D eigenvalue weighted by Crippen LogP contribution is 2.22. The fraction of sp³-hybridized carbons (Fsp3) is 0.917. The molecule has 3 nitrogen and oxygen atoms in total. The van der Waals surface area contributed by atoms with E-state index in [1.165, 1.54) is 19.3 Å². The van der Waals surface area contributed by atoms with Crippen molar-refractivity contribution in [3.63, 3.8) is 0 Å². The maximum absolute atomic E-state index is 10.4. The Morgan fingerprint density at radius 1 is 1.27 bits per heavy atom. The molecule has 0 aliphatic carbocycles. The van der Waals surface area contributed by atoms with Gasteiger partial charge in [-0.25, -0.2) is 4.79 Å². The molecule has 0 aromatic heterocycles. The van der Waals surface area contributed by atoms with E-state index in [4.69, 9.17) is 10.5 Å². The minimum atomic E-state index is -0.669. The van der Waals surface area contributed by atoms with E-state index in [1.54, 1.807) is 0 Å². The van der Waals surface area contributed by atoms with Gasteiger partial charge in [-0.1, -0.05) is 33.6 Å². The lowest BCUT2D eigenvalue weighted by molar-refractivity contribution is 0.109. The molecule has 1 amide bonds. The van der Waals surface area contributed by atoms with Gasteiger partial charge in [0.05, 0.1) is 0 Å². The molecule has 0 radical (unpaired) electrons. The van der Waals surface area contributed by atoms with Crippen LogP contribution in [-0.4, -0.2) is 12.2 Å². The first-order valence-corrected chi connectivity index (χ1v) is 5.77. The normalized spacial score (nSPS) is 13.6. The van der Waals surface area contributed by atoms with Crippen molar-refractivity contribution >= 4 is 6.09 Å². The van der Waals surface area contributed by atoms with Gasteiger partial charge in [0.1, 0.15) is 6.10 Å². The van der Waals surface area contributed by atoms with E-state index in [0.717, 1.165) is 12.8 Å². The van der Waals surface area contributed by atoms with Crippen LogP contribution in [0.3, 0.4) is 0 Å². The van der Waals surface area contributed by atoms with Gasteiger partial charge < -0.3 is 10.5 Å². The summed E-state index contributed by atoms with van der Waals surface area (Å²) in [5, 5.41) is 0. The van der Waals surface area contributed by atoms with Crippen molar-refractivity contribution in [3.05, 3.63) is 0 Å². The highest BCUT2D eigenvalue weighted by atomic mass is 16.6. The minimum Gasteiger partial charge on any atom is -0.447 e. The fourth-order valence-electron chi connectivity index (χ4n) is 1.52. The van der Waals surface area contributed by atoms with E-state index >= 15 is 0 Å². The number of ether oxygens (including phenoxy) is 1. The smallest absolute Gasteiger partial charge is 0.404 e. The lowest BCUT2D eigenvalue weighted by Gasteiger charge is -2.17. The van der Waals surface area contributed by atoms with Crippen LogP contribution in [0.25, 0.3) is 0 Å². The van der Waals surface area contributed by atoms with Crippen LogP contribution in [0.4, 0.5) is 4.79 Å². The topological polar surface area (TPSA) is 52.3 Å². The summed E-state index contributed by atoms with van der Waals surface area (Å²) in [6, 6.07) is 0. The average Bonchev–Trinajstić information content (AvgIpc) is 1.99. The van der Waals surface area contributed by atoms with Gasteiger partial charge in [0, 0.05) is 0 Å². The lowest BCUT2D eigenvalue weighted by Crippen LogP contribution is -2.20. The van der Waals surface area contributed by atoms with E-state index in [-0.39, 0.29) is 6.10 Å². The Kier molecular flexibility index (Phi) is 6.37. The highest BCUT2D eigenvalue weighted by Gasteiger charge is 2.09. The van der Waals surface area contributed by atoms with Crippen molar-refractivity contribution in [3.8, 4) is 0 Å². The second-order valence-corrected chi connectivity index (χ2v) is 5.41. The van der Waals surface area contributed by atoms with Gasteiger partial charge >= 0.3 is 6.09 Å². The molecule has 1 atom stereocenters. The van der Waals surface area contributed by atoms with Crippen molar-refractivity contribution in [1.82, 2.24) is 0 Å². The van der Waals surface area contributed by atoms with Crippen LogP contribution < -0.4 is 5.73 Å². The second kappa shape index (κ2) is 6.70. The minimum absolute atomic E-state index is 0.0443. The van der Waals surface area contributed by atoms with Crippen LogP contribution in [0, 0.1) is 5.41 Å². The molecule has 0 aliphatic heterocycles. The molecule has 0 saturated heterocycles. The first-order valence-electron chi connectivity index (χ1n) is 5.77. The van der Waals surface area contributed by atoms with Gasteiger partial charge in [-0.3, -0.25) is 0 Å². The number of carbonyl (C=O) groups is 1. The van der Waals surface area contributed by atoms with Gasteiger partial charge in [-0.05, 0) is 31.6 Å². The van der Waals surface area contributed by atoms with E-state index in [9.17, 15) is 4.79 Å². The zero-order valence-corrected chi connectivity index (χ0v) is 10.5. The number of hydrogen-bond acceptors (Lipinski definition) is 2. The molecule has 0 fully saturated rings. The number of amides is 1. The lowest BCUT2D eigenvalue weighted by atomic mass is 9.89. The van der Waals surface area contributed by atoms with Crippen LogP contribution in [0.15, 0.2) is 0 Å². The maximum atomic E-state index is 10.4. The van der Waals surface area contributed by atoms with E-state index < -0.39 is 6.09 Å². The average molecular weight is 215 g/mol. The summed E-state index contributed by atoms with van der Waals surface area (Å²) in [7, 11) is 0. The van der Waals surface area contributed by atoms with Crippen LogP contribution in [-0.2, 0) is 4.74 Å². The summed E-state index contributed by atoms with van der Waals surface area (Å²) in [4.78, 5) is 10.4. The summed E-state index contributed by atoms with van der Waals surface area (Å²) in [6.07, 6.45) is 4.99. The Labute approximate surface area is 93.4 Å². The van der Waals surface area contributed by atoms with Gasteiger partial charge in [0.15, 0.2) is 0 Å². The first kappa shape index (κ1) is 14.3. The van der Waals surface area contributed by atoms with Crippen LogP contribution in [0.2, 0.25) is 0 Å². The molecule has 3 heteroatoms. The first-order chi connectivity index (χ1) is 6.81. The van der Waals surface area contributed by atoms with E-state index in [0.29, 0.717) is 5.41 Å². The predicted molar refractivity (Wildman–Crippen MR) is 62.7 cm³/mol. The Morgan fingerprint density at radius 2 is 1.87 bits per heavy atom. The molecule has 0 spiro atoms. The van der Waals surface area contributed by atoms with Crippen LogP contribution in [0.5, 0.6) is 0 Å². The Morgan fingerprint density at radius 3 is 2.33 bits per heavy atom. The zero-order valence-electron chi connectivity index (χ0n) is 10.5. The zero-order chi connectivity index (χ0) is 11.9. The number of unbranched alkanes of at least 4 members (excludes halogenated alkanes) is 2. The fourth-order valence-corrected chi connectivity index (χ4v) is 1.52. The molecule has 0 bridgehead atoms. The predicted octanol–water partition coefficient (Wildman–Crippen LogP) is 3.47. The quantitative estimate of drug-likeness (QED) is 0.690. The van der Waals surface area contributed by atoms with Crippen molar-refractivity contribution in [1.29, 1.82) is 0 Å². The Bertz CT molecular complexity index is 185. The summed E-state index contributed by atoms with van der Waals surface area (Å²) in [5.41, 5.74) is 5.35. The van der Waals surface area contributed by atoms with Crippen molar-refractivity contribution < 1.29 is 9.53 Å². The monoisotopic (exact) mass is 215 g/mol. The van der Waals surface area contributed by atoms with Gasteiger partial charge in [-0.2, -0.15) is 0 Å². The van der Waals surface area contributed by atoms with Gasteiger partial charge in [0.2, 0.25) is 0 Å². The van der Waals surface area contributed by atoms with Gasteiger partial charge in [-0.15, -0.1) is 0 Å². The molecule has 2 N–H and O–H groups in total. The summed E-state index contributed by atoms with van der Waals surface area (Å²) >= 11 is 0. The molecule has 0 aromatic rings. The van der Waals surface area contributed by atoms with E-state index in [2.05, 4.69) is 20.8 Å². The van der Waals surface area contributed by atoms with Crippen molar-refractivity contribution in [2.75, 3.05) is 0 Å². The van der Waals surface area contributed by atoms with Crippen molar-refractivity contribution in [2.45, 2.75) is 65.9 Å². The number of nitrogens with two attached hydrogens (primary N) is 1. The number of rotatable bonds is 6. The molecular weight excluding hydrogens is 190 g/mol.